The molecule has 0 spiro atoms. The third-order valence-electron chi connectivity index (χ3n) is 2.25. The highest BCUT2D eigenvalue weighted by Crippen LogP contribution is 2.17. The van der Waals surface area contributed by atoms with Gasteiger partial charge in [-0.05, 0) is 12.1 Å². The minimum Gasteiger partial charge on any atom is -0.478 e. The number of hydrogen-bond donors (Lipinski definition) is 1. The van der Waals surface area contributed by atoms with Crippen molar-refractivity contribution in [2.24, 2.45) is 0 Å². The highest BCUT2D eigenvalue weighted by Gasteiger charge is 2.16. The summed E-state index contributed by atoms with van der Waals surface area (Å²) in [5, 5.41) is 13.3. The molecule has 4 nitrogen and oxygen atoms in total. The number of carboxylic acid groups (broad SMARTS) is 1. The van der Waals surface area contributed by atoms with Crippen LogP contribution >= 0.6 is 15.9 Å². The molecule has 0 atom stereocenters. The SMILES string of the molecule is O=C(O)c1cn(-c2ccccc2F)nc1CBr. The zero-order chi connectivity index (χ0) is 12.4. The van der Waals surface area contributed by atoms with Crippen molar-refractivity contribution >= 4 is 21.9 Å². The van der Waals surface area contributed by atoms with Gasteiger partial charge in [0.1, 0.15) is 17.1 Å². The third kappa shape index (κ3) is 2.21. The predicted octanol–water partition coefficient (Wildman–Crippen LogP) is 2.60. The van der Waals surface area contributed by atoms with Crippen LogP contribution in [0.1, 0.15) is 16.1 Å². The highest BCUT2D eigenvalue weighted by molar-refractivity contribution is 9.08. The number of carboxylic acids is 1. The molecule has 0 aliphatic rings. The summed E-state index contributed by atoms with van der Waals surface area (Å²) < 4.78 is 14.7. The first-order valence-electron chi connectivity index (χ1n) is 4.76. The van der Waals surface area contributed by atoms with Gasteiger partial charge in [-0.1, -0.05) is 28.1 Å². The van der Waals surface area contributed by atoms with Crippen molar-refractivity contribution in [2.75, 3.05) is 0 Å². The molecule has 1 heterocycles. The van der Waals surface area contributed by atoms with E-state index in [9.17, 15) is 9.18 Å². The Kier molecular flexibility index (Phi) is 3.23. The van der Waals surface area contributed by atoms with E-state index in [1.807, 2.05) is 0 Å². The van der Waals surface area contributed by atoms with Gasteiger partial charge in [0.25, 0.3) is 0 Å². The first kappa shape index (κ1) is 11.8. The second kappa shape index (κ2) is 4.67. The van der Waals surface area contributed by atoms with E-state index >= 15 is 0 Å². The van der Waals surface area contributed by atoms with Gasteiger partial charge in [0, 0.05) is 11.5 Å². The van der Waals surface area contributed by atoms with E-state index in [2.05, 4.69) is 21.0 Å². The number of alkyl halides is 1. The average Bonchev–Trinajstić information content (AvgIpc) is 2.73. The van der Waals surface area contributed by atoms with Crippen LogP contribution in [0.25, 0.3) is 5.69 Å². The summed E-state index contributed by atoms with van der Waals surface area (Å²) in [5.41, 5.74) is 0.646. The minimum atomic E-state index is -1.08. The normalized spacial score (nSPS) is 10.5. The van der Waals surface area contributed by atoms with E-state index in [0.29, 0.717) is 11.0 Å². The number of hydrogen-bond acceptors (Lipinski definition) is 2. The molecule has 0 saturated heterocycles. The molecule has 88 valence electrons. The Morgan fingerprint density at radius 1 is 1.47 bits per heavy atom. The second-order valence-electron chi connectivity index (χ2n) is 3.32. The summed E-state index contributed by atoms with van der Waals surface area (Å²) in [6.45, 7) is 0. The fourth-order valence-corrected chi connectivity index (χ4v) is 1.86. The quantitative estimate of drug-likeness (QED) is 0.886. The van der Waals surface area contributed by atoms with Gasteiger partial charge in [-0.25, -0.2) is 13.9 Å². The van der Waals surface area contributed by atoms with Crippen molar-refractivity contribution in [3.8, 4) is 5.69 Å². The molecule has 17 heavy (non-hydrogen) atoms. The Hall–Kier alpha value is -1.69. The maximum absolute atomic E-state index is 13.5. The Morgan fingerprint density at radius 2 is 2.18 bits per heavy atom. The molecule has 0 bridgehead atoms. The van der Waals surface area contributed by atoms with Gasteiger partial charge in [-0.3, -0.25) is 0 Å². The Balaban J connectivity index is 2.54. The van der Waals surface area contributed by atoms with E-state index in [-0.39, 0.29) is 11.3 Å². The first-order valence-corrected chi connectivity index (χ1v) is 5.88. The molecule has 1 aromatic heterocycles. The number of halogens is 2. The van der Waals surface area contributed by atoms with Gasteiger partial charge < -0.3 is 5.11 Å². The van der Waals surface area contributed by atoms with E-state index in [1.54, 1.807) is 12.1 Å². The number of rotatable bonds is 3. The molecular weight excluding hydrogens is 291 g/mol. The lowest BCUT2D eigenvalue weighted by Crippen LogP contribution is -1.98. The molecule has 0 aliphatic carbocycles. The van der Waals surface area contributed by atoms with Gasteiger partial charge in [0.15, 0.2) is 0 Å². The summed E-state index contributed by atoms with van der Waals surface area (Å²) in [6.07, 6.45) is 1.30. The van der Waals surface area contributed by atoms with Crippen molar-refractivity contribution in [3.05, 3.63) is 47.5 Å². The standard InChI is InChI=1S/C11H8BrFN2O2/c12-5-9-7(11(16)17)6-15(14-9)10-4-2-1-3-8(10)13/h1-4,6H,5H2,(H,16,17). The monoisotopic (exact) mass is 298 g/mol. The lowest BCUT2D eigenvalue weighted by Gasteiger charge is -2.01. The topological polar surface area (TPSA) is 55.1 Å². The van der Waals surface area contributed by atoms with Crippen molar-refractivity contribution in [1.82, 2.24) is 9.78 Å². The van der Waals surface area contributed by atoms with E-state index in [0.717, 1.165) is 0 Å². The Labute approximate surface area is 105 Å². The number of aromatic nitrogens is 2. The Bertz CT molecular complexity index is 568. The van der Waals surface area contributed by atoms with Gasteiger partial charge in [-0.15, -0.1) is 0 Å². The lowest BCUT2D eigenvalue weighted by molar-refractivity contribution is 0.0696. The van der Waals surface area contributed by atoms with Crippen molar-refractivity contribution < 1.29 is 14.3 Å². The third-order valence-corrected chi connectivity index (χ3v) is 2.78. The summed E-state index contributed by atoms with van der Waals surface area (Å²) in [7, 11) is 0. The van der Waals surface area contributed by atoms with Crippen LogP contribution in [0, 0.1) is 5.82 Å². The smallest absolute Gasteiger partial charge is 0.339 e. The van der Waals surface area contributed by atoms with Crippen LogP contribution in [0.3, 0.4) is 0 Å². The second-order valence-corrected chi connectivity index (χ2v) is 3.88. The molecule has 1 aromatic carbocycles. The maximum Gasteiger partial charge on any atom is 0.339 e. The number of carbonyl (C=O) groups is 1. The molecule has 0 fully saturated rings. The molecule has 0 saturated carbocycles. The zero-order valence-corrected chi connectivity index (χ0v) is 10.2. The van der Waals surface area contributed by atoms with E-state index in [1.165, 1.54) is 23.0 Å². The summed E-state index contributed by atoms with van der Waals surface area (Å²) >= 11 is 3.15. The summed E-state index contributed by atoms with van der Waals surface area (Å²) in [4.78, 5) is 10.9. The maximum atomic E-state index is 13.5. The fraction of sp³-hybridized carbons (Fsp3) is 0.0909. The number of nitrogens with zero attached hydrogens (tertiary/aromatic N) is 2. The molecule has 6 heteroatoms. The van der Waals surface area contributed by atoms with Gasteiger partial charge in [0.05, 0.1) is 5.69 Å². The highest BCUT2D eigenvalue weighted by atomic mass is 79.9. The summed E-state index contributed by atoms with van der Waals surface area (Å²) in [6, 6.07) is 6.05. The van der Waals surface area contributed by atoms with E-state index < -0.39 is 11.8 Å². The van der Waals surface area contributed by atoms with Crippen LogP contribution < -0.4 is 0 Å². The van der Waals surface area contributed by atoms with Crippen LogP contribution in [-0.4, -0.2) is 20.9 Å². The van der Waals surface area contributed by atoms with Gasteiger partial charge in [-0.2, -0.15) is 5.10 Å². The number of benzene rings is 1. The minimum absolute atomic E-state index is 0.0603. The van der Waals surface area contributed by atoms with Crippen molar-refractivity contribution in [1.29, 1.82) is 0 Å². The van der Waals surface area contributed by atoms with Gasteiger partial charge in [0.2, 0.25) is 0 Å². The molecule has 0 aliphatic heterocycles. The number of para-hydroxylation sites is 1. The van der Waals surface area contributed by atoms with Crippen molar-refractivity contribution in [2.45, 2.75) is 5.33 Å². The molecular formula is C11H8BrFN2O2. The first-order chi connectivity index (χ1) is 8.13. The zero-order valence-electron chi connectivity index (χ0n) is 8.60. The van der Waals surface area contributed by atoms with Crippen LogP contribution in [0.15, 0.2) is 30.5 Å². The molecule has 2 rings (SSSR count). The molecule has 1 N–H and O–H groups in total. The number of aromatic carboxylic acids is 1. The Morgan fingerprint density at radius 3 is 2.71 bits per heavy atom. The molecule has 0 radical (unpaired) electrons. The van der Waals surface area contributed by atoms with Crippen LogP contribution in [0.5, 0.6) is 0 Å². The van der Waals surface area contributed by atoms with Crippen LogP contribution in [0.4, 0.5) is 4.39 Å². The molecule has 2 aromatic rings. The van der Waals surface area contributed by atoms with Gasteiger partial charge >= 0.3 is 5.97 Å². The fourth-order valence-electron chi connectivity index (χ4n) is 1.45. The van der Waals surface area contributed by atoms with Crippen LogP contribution in [-0.2, 0) is 5.33 Å². The predicted molar refractivity (Wildman–Crippen MR) is 63.1 cm³/mol. The van der Waals surface area contributed by atoms with E-state index in [4.69, 9.17) is 5.11 Å². The lowest BCUT2D eigenvalue weighted by atomic mass is 10.3. The average molecular weight is 299 g/mol. The molecule has 0 amide bonds. The van der Waals surface area contributed by atoms with Crippen LogP contribution in [0.2, 0.25) is 0 Å². The molecule has 0 unspecified atom stereocenters. The largest absolute Gasteiger partial charge is 0.478 e. The van der Waals surface area contributed by atoms with Crippen molar-refractivity contribution in [3.63, 3.8) is 0 Å². The summed E-state index contributed by atoms with van der Waals surface area (Å²) in [5.74, 6) is -1.53.